The molecule has 0 saturated carbocycles. The van der Waals surface area contributed by atoms with Crippen molar-refractivity contribution < 1.29 is 0 Å². The average Bonchev–Trinajstić information content (AvgIpc) is 3.22. The summed E-state index contributed by atoms with van der Waals surface area (Å²) >= 11 is 0. The van der Waals surface area contributed by atoms with Gasteiger partial charge >= 0.3 is 0 Å². The van der Waals surface area contributed by atoms with Crippen molar-refractivity contribution in [1.82, 2.24) is 14.5 Å². The van der Waals surface area contributed by atoms with Crippen LogP contribution in [0.2, 0.25) is 0 Å². The number of aryl methyl sites for hydroxylation is 1. The zero-order chi connectivity index (χ0) is 23.3. The Morgan fingerprint density at radius 1 is 0.941 bits per heavy atom. The number of benzene rings is 3. The number of hydrogen-bond donors (Lipinski definition) is 1. The number of piperidine rings is 1. The van der Waals surface area contributed by atoms with Crippen molar-refractivity contribution in [2.45, 2.75) is 38.8 Å². The largest absolute Gasteiger partial charge is 0.353 e. The minimum atomic E-state index is 0.430. The van der Waals surface area contributed by atoms with Gasteiger partial charge in [-0.3, -0.25) is 0 Å². The minimum Gasteiger partial charge on any atom is -0.353 e. The topological polar surface area (TPSA) is 56.9 Å². The lowest BCUT2D eigenvalue weighted by atomic mass is 10.0. The van der Waals surface area contributed by atoms with Gasteiger partial charge in [-0.2, -0.15) is 5.26 Å². The van der Waals surface area contributed by atoms with E-state index >= 15 is 0 Å². The molecule has 0 aliphatic carbocycles. The third-order valence-electron chi connectivity index (χ3n) is 6.84. The summed E-state index contributed by atoms with van der Waals surface area (Å²) in [5.41, 5.74) is 6.80. The molecule has 0 spiro atoms. The van der Waals surface area contributed by atoms with E-state index in [0.29, 0.717) is 6.04 Å². The lowest BCUT2D eigenvalue weighted by Gasteiger charge is -2.32. The highest BCUT2D eigenvalue weighted by Crippen LogP contribution is 2.24. The molecule has 4 aromatic rings. The number of fused-ring (bicyclic) bond motifs is 1. The van der Waals surface area contributed by atoms with Crippen LogP contribution in [0.1, 0.15) is 35.1 Å². The highest BCUT2D eigenvalue weighted by Gasteiger charge is 2.21. The van der Waals surface area contributed by atoms with Crippen molar-refractivity contribution in [1.29, 1.82) is 5.26 Å². The van der Waals surface area contributed by atoms with E-state index in [9.17, 15) is 0 Å². The van der Waals surface area contributed by atoms with Crippen LogP contribution in [0.5, 0.6) is 0 Å². The van der Waals surface area contributed by atoms with Gasteiger partial charge in [0, 0.05) is 25.7 Å². The molecule has 1 aliphatic rings. The van der Waals surface area contributed by atoms with Crippen LogP contribution in [-0.2, 0) is 13.0 Å². The standard InChI is InChI=1S/C29H31N5/c1-22-6-8-25(9-7-22)21-34-28-5-3-2-4-27(28)32-29(34)31-26-15-18-33(19-16-26)17-14-23-10-12-24(20-30)13-11-23/h2-13,26H,14-19,21H2,1H3,(H,31,32). The first-order valence-electron chi connectivity index (χ1n) is 12.2. The third-order valence-corrected chi connectivity index (χ3v) is 6.84. The second-order valence-corrected chi connectivity index (χ2v) is 9.31. The van der Waals surface area contributed by atoms with Gasteiger partial charge in [-0.1, -0.05) is 54.1 Å². The summed E-state index contributed by atoms with van der Waals surface area (Å²) < 4.78 is 2.32. The van der Waals surface area contributed by atoms with Crippen molar-refractivity contribution in [3.63, 3.8) is 0 Å². The van der Waals surface area contributed by atoms with E-state index in [4.69, 9.17) is 10.2 Å². The molecule has 0 amide bonds. The maximum atomic E-state index is 8.96. The van der Waals surface area contributed by atoms with E-state index in [0.717, 1.165) is 62.5 Å². The molecule has 3 aromatic carbocycles. The number of imidazole rings is 1. The summed E-state index contributed by atoms with van der Waals surface area (Å²) in [6.07, 6.45) is 3.25. The normalized spacial score (nSPS) is 14.8. The molecule has 1 saturated heterocycles. The molecule has 34 heavy (non-hydrogen) atoms. The maximum absolute atomic E-state index is 8.96. The molecule has 1 aromatic heterocycles. The highest BCUT2D eigenvalue weighted by atomic mass is 15.2. The monoisotopic (exact) mass is 449 g/mol. The summed E-state index contributed by atoms with van der Waals surface area (Å²) in [6.45, 7) is 6.18. The Morgan fingerprint density at radius 2 is 1.65 bits per heavy atom. The summed E-state index contributed by atoms with van der Waals surface area (Å²) in [4.78, 5) is 7.49. The SMILES string of the molecule is Cc1ccc(Cn2c(NC3CCN(CCc4ccc(C#N)cc4)CC3)nc3ccccc32)cc1. The molecule has 2 heterocycles. The molecule has 0 bridgehead atoms. The molecular formula is C29H31N5. The van der Waals surface area contributed by atoms with Crippen LogP contribution in [0, 0.1) is 18.3 Å². The van der Waals surface area contributed by atoms with Crippen molar-refractivity contribution in [2.75, 3.05) is 25.0 Å². The van der Waals surface area contributed by atoms with Gasteiger partial charge in [-0.05, 0) is 61.6 Å². The van der Waals surface area contributed by atoms with Gasteiger partial charge in [0.25, 0.3) is 0 Å². The summed E-state index contributed by atoms with van der Waals surface area (Å²) in [5, 5.41) is 12.7. The quantitative estimate of drug-likeness (QED) is 0.411. The molecule has 0 atom stereocenters. The van der Waals surface area contributed by atoms with Gasteiger partial charge in [0.2, 0.25) is 5.95 Å². The summed E-state index contributed by atoms with van der Waals surface area (Å²) in [6, 6.07) is 27.8. The molecule has 1 N–H and O–H groups in total. The van der Waals surface area contributed by atoms with E-state index in [1.807, 2.05) is 12.1 Å². The van der Waals surface area contributed by atoms with Crippen molar-refractivity contribution in [2.24, 2.45) is 0 Å². The molecule has 1 aliphatic heterocycles. The Bertz CT molecular complexity index is 1270. The lowest BCUT2D eigenvalue weighted by molar-refractivity contribution is 0.221. The van der Waals surface area contributed by atoms with Gasteiger partial charge in [0.15, 0.2) is 0 Å². The Kier molecular flexibility index (Phi) is 6.60. The Morgan fingerprint density at radius 3 is 2.38 bits per heavy atom. The molecule has 5 heteroatoms. The number of para-hydroxylation sites is 2. The molecular weight excluding hydrogens is 418 g/mol. The van der Waals surface area contributed by atoms with Crippen LogP contribution in [0.15, 0.2) is 72.8 Å². The number of likely N-dealkylation sites (tertiary alicyclic amines) is 1. The van der Waals surface area contributed by atoms with Gasteiger partial charge in [-0.15, -0.1) is 0 Å². The van der Waals surface area contributed by atoms with Crippen LogP contribution >= 0.6 is 0 Å². The second kappa shape index (κ2) is 10.1. The minimum absolute atomic E-state index is 0.430. The number of anilines is 1. The van der Waals surface area contributed by atoms with E-state index in [-0.39, 0.29) is 0 Å². The number of nitrogens with zero attached hydrogens (tertiary/aromatic N) is 4. The molecule has 5 nitrogen and oxygen atoms in total. The fraction of sp³-hybridized carbons (Fsp3) is 0.310. The van der Waals surface area contributed by atoms with Gasteiger partial charge < -0.3 is 14.8 Å². The zero-order valence-corrected chi connectivity index (χ0v) is 19.7. The number of aromatic nitrogens is 2. The van der Waals surface area contributed by atoms with Crippen LogP contribution in [0.4, 0.5) is 5.95 Å². The Labute approximate surface area is 201 Å². The van der Waals surface area contributed by atoms with Crippen molar-refractivity contribution in [3.05, 3.63) is 95.1 Å². The number of nitriles is 1. The first kappa shape index (κ1) is 22.2. The fourth-order valence-electron chi connectivity index (χ4n) is 4.74. The predicted molar refractivity (Wildman–Crippen MR) is 138 cm³/mol. The highest BCUT2D eigenvalue weighted by molar-refractivity contribution is 5.78. The van der Waals surface area contributed by atoms with Crippen LogP contribution in [-0.4, -0.2) is 40.1 Å². The zero-order valence-electron chi connectivity index (χ0n) is 19.7. The van der Waals surface area contributed by atoms with Crippen molar-refractivity contribution in [3.8, 4) is 6.07 Å². The van der Waals surface area contributed by atoms with Gasteiger partial charge in [-0.25, -0.2) is 4.98 Å². The van der Waals surface area contributed by atoms with E-state index in [1.165, 1.54) is 22.2 Å². The van der Waals surface area contributed by atoms with Crippen molar-refractivity contribution >= 4 is 17.0 Å². The third kappa shape index (κ3) is 5.13. The smallest absolute Gasteiger partial charge is 0.204 e. The van der Waals surface area contributed by atoms with E-state index in [1.54, 1.807) is 0 Å². The lowest BCUT2D eigenvalue weighted by Crippen LogP contribution is -2.40. The Hall–Kier alpha value is -3.62. The number of hydrogen-bond acceptors (Lipinski definition) is 4. The van der Waals surface area contributed by atoms with Crippen LogP contribution in [0.25, 0.3) is 11.0 Å². The number of rotatable bonds is 7. The van der Waals surface area contributed by atoms with E-state index < -0.39 is 0 Å². The molecule has 172 valence electrons. The number of nitrogens with one attached hydrogen (secondary N) is 1. The maximum Gasteiger partial charge on any atom is 0.204 e. The van der Waals surface area contributed by atoms with Crippen LogP contribution in [0.3, 0.4) is 0 Å². The van der Waals surface area contributed by atoms with E-state index in [2.05, 4.69) is 88.4 Å². The molecule has 0 unspecified atom stereocenters. The molecule has 0 radical (unpaired) electrons. The second-order valence-electron chi connectivity index (χ2n) is 9.31. The summed E-state index contributed by atoms with van der Waals surface area (Å²) in [5.74, 6) is 0.970. The first-order chi connectivity index (χ1) is 16.7. The van der Waals surface area contributed by atoms with Crippen LogP contribution < -0.4 is 5.32 Å². The Balaban J connectivity index is 1.21. The molecule has 5 rings (SSSR count). The van der Waals surface area contributed by atoms with Gasteiger partial charge in [0.05, 0.1) is 29.2 Å². The first-order valence-corrected chi connectivity index (χ1v) is 12.2. The average molecular weight is 450 g/mol. The predicted octanol–water partition coefficient (Wildman–Crippen LogP) is 5.38. The fourth-order valence-corrected chi connectivity index (χ4v) is 4.74. The van der Waals surface area contributed by atoms with Gasteiger partial charge in [0.1, 0.15) is 0 Å². The summed E-state index contributed by atoms with van der Waals surface area (Å²) in [7, 11) is 0. The molecule has 1 fully saturated rings.